The standard InChI is InChI=1S/C55H35N3/c1-2-14-36(15-3-1)45-25-12-28-50-48(45)27-13-29-52(50)55-57-53(56-54(58-55)51-23-9-8-22-49(51)47-26-11-19-38-17-5-7-21-44(38)47)42-33-31-39-34-41(32-30-40(39)35-42)46-24-10-18-37-16-4-6-20-43(37)46/h1-35H. The third-order valence-corrected chi connectivity index (χ3v) is 11.3. The first-order valence-corrected chi connectivity index (χ1v) is 19.7. The van der Waals surface area contributed by atoms with Crippen LogP contribution in [0.5, 0.6) is 0 Å². The third-order valence-electron chi connectivity index (χ3n) is 11.3. The molecule has 0 spiro atoms. The summed E-state index contributed by atoms with van der Waals surface area (Å²) in [5, 5.41) is 9.39. The summed E-state index contributed by atoms with van der Waals surface area (Å²) in [6.07, 6.45) is 0. The maximum Gasteiger partial charge on any atom is 0.164 e. The maximum absolute atomic E-state index is 5.33. The zero-order valence-electron chi connectivity index (χ0n) is 31.5. The Morgan fingerprint density at radius 3 is 1.36 bits per heavy atom. The number of rotatable bonds is 6. The maximum atomic E-state index is 5.33. The quantitative estimate of drug-likeness (QED) is 0.171. The smallest absolute Gasteiger partial charge is 0.164 e. The Morgan fingerprint density at radius 1 is 0.207 bits per heavy atom. The molecule has 3 nitrogen and oxygen atoms in total. The topological polar surface area (TPSA) is 38.7 Å². The second-order valence-electron chi connectivity index (χ2n) is 14.8. The van der Waals surface area contributed by atoms with Gasteiger partial charge >= 0.3 is 0 Å². The summed E-state index contributed by atoms with van der Waals surface area (Å²) in [5.74, 6) is 1.89. The lowest BCUT2D eigenvalue weighted by Gasteiger charge is -2.15. The van der Waals surface area contributed by atoms with E-state index in [2.05, 4.69) is 212 Å². The van der Waals surface area contributed by atoms with Gasteiger partial charge in [0, 0.05) is 16.7 Å². The molecule has 3 heteroatoms. The molecule has 0 aliphatic carbocycles. The number of benzene rings is 10. The van der Waals surface area contributed by atoms with Gasteiger partial charge in [-0.3, -0.25) is 0 Å². The van der Waals surface area contributed by atoms with Gasteiger partial charge in [-0.15, -0.1) is 0 Å². The molecule has 0 aliphatic rings. The van der Waals surface area contributed by atoms with Crippen LogP contribution in [-0.2, 0) is 0 Å². The molecule has 1 heterocycles. The molecular formula is C55H35N3. The molecule has 0 unspecified atom stereocenters. The van der Waals surface area contributed by atoms with Crippen LogP contribution in [0.2, 0.25) is 0 Å². The van der Waals surface area contributed by atoms with Crippen LogP contribution in [0, 0.1) is 0 Å². The van der Waals surface area contributed by atoms with Crippen molar-refractivity contribution in [3.05, 3.63) is 212 Å². The fourth-order valence-corrected chi connectivity index (χ4v) is 8.52. The SMILES string of the molecule is c1ccc(-c2cccc3c(-c4nc(-c5ccc6cc(-c7cccc8ccccc78)ccc6c5)nc(-c5ccccc5-c5cccc6ccccc56)n4)cccc23)cc1. The zero-order chi connectivity index (χ0) is 38.4. The molecule has 11 aromatic rings. The molecule has 270 valence electrons. The molecule has 0 aliphatic heterocycles. The number of fused-ring (bicyclic) bond motifs is 4. The Kier molecular flexibility index (Phi) is 8.15. The van der Waals surface area contributed by atoms with Crippen LogP contribution in [0.15, 0.2) is 212 Å². The minimum Gasteiger partial charge on any atom is -0.208 e. The van der Waals surface area contributed by atoms with Gasteiger partial charge in [0.15, 0.2) is 17.5 Å². The molecule has 0 N–H and O–H groups in total. The van der Waals surface area contributed by atoms with E-state index >= 15 is 0 Å². The van der Waals surface area contributed by atoms with E-state index in [4.69, 9.17) is 15.0 Å². The van der Waals surface area contributed by atoms with Gasteiger partial charge in [-0.05, 0) is 88.6 Å². The lowest BCUT2D eigenvalue weighted by Crippen LogP contribution is -2.01. The van der Waals surface area contributed by atoms with E-state index in [1.807, 2.05) is 0 Å². The van der Waals surface area contributed by atoms with Crippen molar-refractivity contribution in [2.24, 2.45) is 0 Å². The first-order valence-electron chi connectivity index (χ1n) is 19.7. The Morgan fingerprint density at radius 2 is 0.638 bits per heavy atom. The summed E-state index contributed by atoms with van der Waals surface area (Å²) in [7, 11) is 0. The number of hydrogen-bond acceptors (Lipinski definition) is 3. The summed E-state index contributed by atoms with van der Waals surface area (Å²) in [6.45, 7) is 0. The van der Waals surface area contributed by atoms with Crippen molar-refractivity contribution in [1.29, 1.82) is 0 Å². The normalized spacial score (nSPS) is 11.4. The van der Waals surface area contributed by atoms with Gasteiger partial charge in [-0.1, -0.05) is 200 Å². The van der Waals surface area contributed by atoms with Crippen LogP contribution >= 0.6 is 0 Å². The van der Waals surface area contributed by atoms with E-state index in [1.54, 1.807) is 0 Å². The highest BCUT2D eigenvalue weighted by Crippen LogP contribution is 2.39. The zero-order valence-corrected chi connectivity index (χ0v) is 31.5. The average Bonchev–Trinajstić information content (AvgIpc) is 3.30. The van der Waals surface area contributed by atoms with E-state index in [9.17, 15) is 0 Å². The van der Waals surface area contributed by atoms with Gasteiger partial charge in [0.1, 0.15) is 0 Å². The highest BCUT2D eigenvalue weighted by molar-refractivity contribution is 6.05. The van der Waals surface area contributed by atoms with Crippen molar-refractivity contribution in [2.75, 3.05) is 0 Å². The van der Waals surface area contributed by atoms with Crippen LogP contribution in [0.25, 0.3) is 111 Å². The summed E-state index contributed by atoms with van der Waals surface area (Å²) in [6, 6.07) is 75.3. The van der Waals surface area contributed by atoms with Crippen LogP contribution < -0.4 is 0 Å². The van der Waals surface area contributed by atoms with Gasteiger partial charge < -0.3 is 0 Å². The first-order chi connectivity index (χ1) is 28.7. The molecule has 0 radical (unpaired) electrons. The van der Waals surface area contributed by atoms with Crippen LogP contribution in [0.4, 0.5) is 0 Å². The van der Waals surface area contributed by atoms with E-state index < -0.39 is 0 Å². The van der Waals surface area contributed by atoms with E-state index in [0.29, 0.717) is 17.5 Å². The molecule has 0 atom stereocenters. The third kappa shape index (κ3) is 5.89. The second kappa shape index (κ2) is 14.1. The summed E-state index contributed by atoms with van der Waals surface area (Å²) >= 11 is 0. The fourth-order valence-electron chi connectivity index (χ4n) is 8.52. The highest BCUT2D eigenvalue weighted by Gasteiger charge is 2.19. The van der Waals surface area contributed by atoms with Crippen LogP contribution in [0.1, 0.15) is 0 Å². The molecule has 0 bridgehead atoms. The monoisotopic (exact) mass is 737 g/mol. The van der Waals surface area contributed by atoms with Crippen molar-refractivity contribution in [2.45, 2.75) is 0 Å². The average molecular weight is 738 g/mol. The molecule has 0 saturated heterocycles. The predicted octanol–water partition coefficient (Wildman–Crippen LogP) is 14.5. The van der Waals surface area contributed by atoms with Gasteiger partial charge in [-0.2, -0.15) is 0 Å². The van der Waals surface area contributed by atoms with Gasteiger partial charge in [0.2, 0.25) is 0 Å². The van der Waals surface area contributed by atoms with Crippen LogP contribution in [0.3, 0.4) is 0 Å². The molecule has 10 aromatic carbocycles. The molecular weight excluding hydrogens is 703 g/mol. The van der Waals surface area contributed by atoms with Gasteiger partial charge in [0.05, 0.1) is 0 Å². The highest BCUT2D eigenvalue weighted by atomic mass is 15.0. The minimum absolute atomic E-state index is 0.629. The minimum atomic E-state index is 0.629. The Balaban J connectivity index is 1.10. The van der Waals surface area contributed by atoms with Crippen molar-refractivity contribution in [1.82, 2.24) is 15.0 Å². The molecule has 0 saturated carbocycles. The predicted molar refractivity (Wildman–Crippen MR) is 242 cm³/mol. The molecule has 0 amide bonds. The van der Waals surface area contributed by atoms with E-state index in [0.717, 1.165) is 49.4 Å². The van der Waals surface area contributed by atoms with Crippen molar-refractivity contribution in [3.8, 4) is 67.5 Å². The summed E-state index contributed by atoms with van der Waals surface area (Å²) < 4.78 is 0. The lowest BCUT2D eigenvalue weighted by atomic mass is 9.94. The van der Waals surface area contributed by atoms with E-state index in [1.165, 1.54) is 43.8 Å². The van der Waals surface area contributed by atoms with E-state index in [-0.39, 0.29) is 0 Å². The van der Waals surface area contributed by atoms with Crippen molar-refractivity contribution in [3.63, 3.8) is 0 Å². The second-order valence-corrected chi connectivity index (χ2v) is 14.8. The first kappa shape index (κ1) is 33.6. The van der Waals surface area contributed by atoms with Gasteiger partial charge in [0.25, 0.3) is 0 Å². The molecule has 0 fully saturated rings. The Hall–Kier alpha value is -7.75. The fraction of sp³-hybridized carbons (Fsp3) is 0. The molecule has 58 heavy (non-hydrogen) atoms. The Labute approximate surface area is 336 Å². The summed E-state index contributed by atoms with van der Waals surface area (Å²) in [4.78, 5) is 15.9. The molecule has 11 rings (SSSR count). The van der Waals surface area contributed by atoms with Crippen LogP contribution in [-0.4, -0.2) is 15.0 Å². The Bertz CT molecular complexity index is 3340. The lowest BCUT2D eigenvalue weighted by molar-refractivity contribution is 1.08. The van der Waals surface area contributed by atoms with Gasteiger partial charge in [-0.25, -0.2) is 15.0 Å². The van der Waals surface area contributed by atoms with Crippen molar-refractivity contribution >= 4 is 43.1 Å². The molecule has 1 aromatic heterocycles. The number of hydrogen-bond donors (Lipinski definition) is 0. The number of aromatic nitrogens is 3. The van der Waals surface area contributed by atoms with Crippen molar-refractivity contribution < 1.29 is 0 Å². The summed E-state index contributed by atoms with van der Waals surface area (Å²) in [5.41, 5.74) is 9.83. The number of nitrogens with zero attached hydrogens (tertiary/aromatic N) is 3. The largest absolute Gasteiger partial charge is 0.208 e.